The molecule has 0 N–H and O–H groups in total. The minimum atomic E-state index is 0.208. The van der Waals surface area contributed by atoms with E-state index in [0.717, 1.165) is 17.5 Å². The molecule has 0 saturated heterocycles. The first-order valence-corrected chi connectivity index (χ1v) is 6.57. The zero-order chi connectivity index (χ0) is 14.4. The molecule has 0 amide bonds. The summed E-state index contributed by atoms with van der Waals surface area (Å²) in [6.07, 6.45) is 2.55. The second-order valence-corrected chi connectivity index (χ2v) is 3.98. The summed E-state index contributed by atoms with van der Waals surface area (Å²) in [5.74, 6) is 0. The lowest BCUT2D eigenvalue weighted by molar-refractivity contribution is 1.19. The van der Waals surface area contributed by atoms with Gasteiger partial charge in [-0.1, -0.05) is 50.2 Å². The Morgan fingerprint density at radius 3 is 2.47 bits per heavy atom. The largest absolute Gasteiger partial charge is 0.253 e. The molecule has 2 nitrogen and oxygen atoms in total. The fraction of sp³-hybridized carbons (Fsp3) is 0.176. The van der Waals surface area contributed by atoms with Gasteiger partial charge >= 0.3 is 0 Å². The summed E-state index contributed by atoms with van der Waals surface area (Å²) >= 11 is 0. The van der Waals surface area contributed by atoms with Gasteiger partial charge < -0.3 is 0 Å². The number of rotatable bonds is 2. The van der Waals surface area contributed by atoms with Crippen LogP contribution in [-0.4, -0.2) is 9.97 Å². The van der Waals surface area contributed by atoms with Crippen LogP contribution in [0.15, 0.2) is 60.9 Å². The Morgan fingerprint density at radius 2 is 1.68 bits per heavy atom. The number of benzene rings is 2. The Kier molecular flexibility index (Phi) is 4.14. The van der Waals surface area contributed by atoms with Crippen LogP contribution >= 0.6 is 0 Å². The van der Waals surface area contributed by atoms with Gasteiger partial charge in [-0.05, 0) is 29.7 Å². The number of hydrogen-bond donors (Lipinski definition) is 0. The number of hydrogen-bond acceptors (Lipinski definition) is 2. The fourth-order valence-electron chi connectivity index (χ4n) is 1.91. The van der Waals surface area contributed by atoms with Gasteiger partial charge in [-0.3, -0.25) is 9.97 Å². The quantitative estimate of drug-likeness (QED) is 0.680. The maximum absolute atomic E-state index is 7.50. The number of nitrogens with zero attached hydrogens (tertiary/aromatic N) is 2. The molecule has 2 heteroatoms. The maximum atomic E-state index is 7.50. The molecule has 0 aliphatic heterocycles. The van der Waals surface area contributed by atoms with Crippen LogP contribution in [0.3, 0.4) is 0 Å². The molecular weight excluding hydrogens is 232 g/mol. The summed E-state index contributed by atoms with van der Waals surface area (Å²) in [5.41, 5.74) is 4.08. The SMILES string of the molecule is CC.[2H]c1cnc2ccc(Cc3ccccc3)cc2n1. The summed E-state index contributed by atoms with van der Waals surface area (Å²) < 4.78 is 7.50. The van der Waals surface area contributed by atoms with Gasteiger partial charge in [0.1, 0.15) is 0 Å². The van der Waals surface area contributed by atoms with Crippen LogP contribution in [-0.2, 0) is 6.42 Å². The van der Waals surface area contributed by atoms with Gasteiger partial charge in [0.05, 0.1) is 12.4 Å². The molecule has 0 aliphatic rings. The third kappa shape index (κ3) is 3.38. The zero-order valence-electron chi connectivity index (χ0n) is 12.3. The van der Waals surface area contributed by atoms with Crippen molar-refractivity contribution >= 4 is 11.0 Å². The molecule has 0 unspecified atom stereocenters. The molecule has 0 radical (unpaired) electrons. The van der Waals surface area contributed by atoms with E-state index in [4.69, 9.17) is 1.37 Å². The normalized spacial score (nSPS) is 10.5. The molecule has 0 saturated carbocycles. The van der Waals surface area contributed by atoms with Crippen molar-refractivity contribution in [1.29, 1.82) is 0 Å². The van der Waals surface area contributed by atoms with E-state index in [1.165, 1.54) is 17.3 Å². The van der Waals surface area contributed by atoms with E-state index in [0.29, 0.717) is 0 Å². The van der Waals surface area contributed by atoms with Gasteiger partial charge in [0.15, 0.2) is 0 Å². The van der Waals surface area contributed by atoms with Crippen molar-refractivity contribution in [3.8, 4) is 0 Å². The number of fused-ring (bicyclic) bond motifs is 1. The molecule has 1 heterocycles. The monoisotopic (exact) mass is 251 g/mol. The molecule has 0 bridgehead atoms. The van der Waals surface area contributed by atoms with Crippen molar-refractivity contribution in [3.63, 3.8) is 0 Å². The van der Waals surface area contributed by atoms with Crippen molar-refractivity contribution in [2.45, 2.75) is 20.3 Å². The highest BCUT2D eigenvalue weighted by Gasteiger charge is 1.99. The van der Waals surface area contributed by atoms with Crippen LogP contribution in [0.4, 0.5) is 0 Å². The van der Waals surface area contributed by atoms with E-state index in [1.54, 1.807) is 0 Å². The molecule has 0 spiro atoms. The highest BCUT2D eigenvalue weighted by molar-refractivity contribution is 5.74. The average molecular weight is 251 g/mol. The van der Waals surface area contributed by atoms with Crippen molar-refractivity contribution in [3.05, 3.63) is 72.0 Å². The first kappa shape index (κ1) is 11.8. The van der Waals surface area contributed by atoms with Gasteiger partial charge in [0.2, 0.25) is 0 Å². The Labute approximate surface area is 115 Å². The van der Waals surface area contributed by atoms with Crippen LogP contribution in [0.5, 0.6) is 0 Å². The van der Waals surface area contributed by atoms with Crippen molar-refractivity contribution < 1.29 is 1.37 Å². The first-order valence-electron chi connectivity index (χ1n) is 7.07. The van der Waals surface area contributed by atoms with Gasteiger partial charge in [-0.25, -0.2) is 0 Å². The molecule has 0 fully saturated rings. The zero-order valence-corrected chi connectivity index (χ0v) is 11.3. The molecule has 2 aromatic carbocycles. The fourth-order valence-corrected chi connectivity index (χ4v) is 1.91. The van der Waals surface area contributed by atoms with E-state index in [2.05, 4.69) is 28.2 Å². The van der Waals surface area contributed by atoms with E-state index in [1.807, 2.05) is 44.2 Å². The van der Waals surface area contributed by atoms with Crippen LogP contribution in [0.25, 0.3) is 11.0 Å². The third-order valence-corrected chi connectivity index (χ3v) is 2.74. The molecular formula is C17H18N2. The van der Waals surface area contributed by atoms with Crippen LogP contribution in [0.2, 0.25) is 0 Å². The van der Waals surface area contributed by atoms with E-state index in [9.17, 15) is 0 Å². The van der Waals surface area contributed by atoms with E-state index >= 15 is 0 Å². The lowest BCUT2D eigenvalue weighted by Gasteiger charge is -2.03. The van der Waals surface area contributed by atoms with Crippen molar-refractivity contribution in [2.75, 3.05) is 0 Å². The second-order valence-electron chi connectivity index (χ2n) is 3.98. The Hall–Kier alpha value is -2.22. The van der Waals surface area contributed by atoms with Gasteiger partial charge in [-0.15, -0.1) is 0 Å². The lowest BCUT2D eigenvalue weighted by atomic mass is 10.0. The molecule has 96 valence electrons. The van der Waals surface area contributed by atoms with Gasteiger partial charge in [0, 0.05) is 12.4 Å². The predicted molar refractivity (Wildman–Crippen MR) is 80.1 cm³/mol. The summed E-state index contributed by atoms with van der Waals surface area (Å²) in [6.45, 7) is 4.00. The average Bonchev–Trinajstić information content (AvgIpc) is 2.50. The summed E-state index contributed by atoms with van der Waals surface area (Å²) in [5, 5.41) is 0. The predicted octanol–water partition coefficient (Wildman–Crippen LogP) is 4.25. The molecule has 0 atom stereocenters. The topological polar surface area (TPSA) is 25.8 Å². The van der Waals surface area contributed by atoms with Crippen LogP contribution in [0, 0.1) is 0 Å². The standard InChI is InChI=1S/C15H12N2.C2H6/c1-2-4-12(5-3-1)10-13-6-7-14-15(11-13)17-9-8-16-14;1-2/h1-9,11H,10H2;1-2H3/i9D;. The summed E-state index contributed by atoms with van der Waals surface area (Å²) in [6, 6.07) is 16.3. The maximum Gasteiger partial charge on any atom is 0.0889 e. The van der Waals surface area contributed by atoms with Gasteiger partial charge in [0.25, 0.3) is 0 Å². The van der Waals surface area contributed by atoms with E-state index in [-0.39, 0.29) is 6.17 Å². The molecule has 0 aliphatic carbocycles. The summed E-state index contributed by atoms with van der Waals surface area (Å²) in [7, 11) is 0. The minimum Gasteiger partial charge on any atom is -0.253 e. The molecule has 19 heavy (non-hydrogen) atoms. The molecule has 1 aromatic heterocycles. The molecule has 3 aromatic rings. The molecule has 3 rings (SSSR count). The first-order chi connectivity index (χ1) is 9.81. The highest BCUT2D eigenvalue weighted by Crippen LogP contribution is 2.14. The highest BCUT2D eigenvalue weighted by atomic mass is 14.8. The van der Waals surface area contributed by atoms with Gasteiger partial charge in [-0.2, -0.15) is 0 Å². The van der Waals surface area contributed by atoms with Crippen molar-refractivity contribution in [1.82, 2.24) is 9.97 Å². The second kappa shape index (κ2) is 6.64. The Morgan fingerprint density at radius 1 is 0.895 bits per heavy atom. The minimum absolute atomic E-state index is 0.208. The van der Waals surface area contributed by atoms with Crippen molar-refractivity contribution in [2.24, 2.45) is 0 Å². The van der Waals surface area contributed by atoms with Crippen LogP contribution in [0.1, 0.15) is 26.3 Å². The third-order valence-electron chi connectivity index (χ3n) is 2.74. The van der Waals surface area contributed by atoms with E-state index < -0.39 is 0 Å². The number of aromatic nitrogens is 2. The Bertz CT molecular complexity index is 681. The Balaban J connectivity index is 0.000000704. The lowest BCUT2D eigenvalue weighted by Crippen LogP contribution is -1.89. The van der Waals surface area contributed by atoms with Crippen LogP contribution < -0.4 is 0 Å². The summed E-state index contributed by atoms with van der Waals surface area (Å²) in [4.78, 5) is 8.36. The smallest absolute Gasteiger partial charge is 0.0889 e.